The largest absolute Gasteiger partial charge is 0.494 e. The van der Waals surface area contributed by atoms with Crippen molar-refractivity contribution in [1.29, 1.82) is 0 Å². The fourth-order valence-electron chi connectivity index (χ4n) is 4.47. The number of halogens is 1. The van der Waals surface area contributed by atoms with Crippen LogP contribution in [0.5, 0.6) is 11.5 Å². The number of carbonyl (C=O) groups excluding carboxylic acids is 1. The summed E-state index contributed by atoms with van der Waals surface area (Å²) in [6.45, 7) is 7.41. The number of benzene rings is 2. The molecule has 8 nitrogen and oxygen atoms in total. The Bertz CT molecular complexity index is 1170. The lowest BCUT2D eigenvalue weighted by atomic mass is 9.78. The second-order valence-electron chi connectivity index (χ2n) is 10.8. The molecule has 1 aromatic heterocycles. The molecule has 0 saturated heterocycles. The molecule has 228 valence electrons. The molecule has 0 aliphatic rings. The van der Waals surface area contributed by atoms with Crippen molar-refractivity contribution < 1.29 is 23.7 Å². The highest BCUT2D eigenvalue weighted by molar-refractivity contribution is 6.28. The van der Waals surface area contributed by atoms with E-state index in [0.29, 0.717) is 19.8 Å². The van der Waals surface area contributed by atoms with Gasteiger partial charge in [0.25, 0.3) is 0 Å². The van der Waals surface area contributed by atoms with E-state index in [1.54, 1.807) is 12.4 Å². The number of hydrogen-bond acceptors (Lipinski definition) is 7. The van der Waals surface area contributed by atoms with Gasteiger partial charge in [0.1, 0.15) is 18.1 Å². The average molecular weight is 598 g/mol. The number of carbonyl (C=O) groups is 1. The Labute approximate surface area is 254 Å². The van der Waals surface area contributed by atoms with Crippen LogP contribution in [0, 0.1) is 0 Å². The van der Waals surface area contributed by atoms with Crippen molar-refractivity contribution in [3.63, 3.8) is 0 Å². The summed E-state index contributed by atoms with van der Waals surface area (Å²) in [6, 6.07) is 16.6. The smallest absolute Gasteiger partial charge is 0.404 e. The van der Waals surface area contributed by atoms with Crippen molar-refractivity contribution in [3.05, 3.63) is 82.9 Å². The number of unbranched alkanes of at least 4 members (excludes halogenated alkanes) is 6. The minimum absolute atomic E-state index is 0.160. The van der Waals surface area contributed by atoms with Crippen LogP contribution in [0.25, 0.3) is 0 Å². The summed E-state index contributed by atoms with van der Waals surface area (Å²) in [7, 11) is 0. The standard InChI is InChI=1S/C33H44ClN3O5/c1-33(2,28-13-17-30(18-14-28)42-25-26-23-36-31(34)37-24-26)27-11-15-29(16-12-27)40-21-8-6-4-3-5-7-19-39-20-9-10-22-41-32(35)38/h11-18,23-24H,3-10,19-22,25H2,1-2H3,(H2,35,38). The van der Waals surface area contributed by atoms with E-state index in [2.05, 4.69) is 65.0 Å². The molecule has 0 radical (unpaired) electrons. The van der Waals surface area contributed by atoms with Gasteiger partial charge in [0.15, 0.2) is 0 Å². The third kappa shape index (κ3) is 12.2. The first-order chi connectivity index (χ1) is 20.3. The molecule has 0 bridgehead atoms. The third-order valence-electron chi connectivity index (χ3n) is 7.11. The van der Waals surface area contributed by atoms with Gasteiger partial charge in [-0.25, -0.2) is 14.8 Å². The molecule has 3 aromatic rings. The molecule has 0 fully saturated rings. The number of rotatable bonds is 20. The monoisotopic (exact) mass is 597 g/mol. The molecule has 42 heavy (non-hydrogen) atoms. The molecule has 1 amide bonds. The molecular weight excluding hydrogens is 554 g/mol. The van der Waals surface area contributed by atoms with Gasteiger partial charge in [-0.15, -0.1) is 0 Å². The van der Waals surface area contributed by atoms with Crippen LogP contribution in [0.15, 0.2) is 60.9 Å². The number of nitrogens with two attached hydrogens (primary N) is 1. The molecule has 2 N–H and O–H groups in total. The van der Waals surface area contributed by atoms with E-state index in [1.807, 2.05) is 12.1 Å². The highest BCUT2D eigenvalue weighted by Gasteiger charge is 2.23. The van der Waals surface area contributed by atoms with E-state index in [9.17, 15) is 4.79 Å². The quantitative estimate of drug-likeness (QED) is 0.105. The maximum atomic E-state index is 10.5. The van der Waals surface area contributed by atoms with Crippen LogP contribution in [0.2, 0.25) is 5.28 Å². The Morgan fingerprint density at radius 3 is 1.76 bits per heavy atom. The second-order valence-corrected chi connectivity index (χ2v) is 11.1. The Hall–Kier alpha value is -3.36. The van der Waals surface area contributed by atoms with Crippen LogP contribution in [-0.4, -0.2) is 42.5 Å². The highest BCUT2D eigenvalue weighted by atomic mass is 35.5. The van der Waals surface area contributed by atoms with E-state index in [0.717, 1.165) is 56.0 Å². The van der Waals surface area contributed by atoms with E-state index >= 15 is 0 Å². The summed E-state index contributed by atoms with van der Waals surface area (Å²) >= 11 is 5.74. The van der Waals surface area contributed by atoms with Gasteiger partial charge < -0.3 is 24.7 Å². The molecule has 0 aliphatic carbocycles. The van der Waals surface area contributed by atoms with Gasteiger partial charge in [0, 0.05) is 36.6 Å². The Morgan fingerprint density at radius 2 is 1.19 bits per heavy atom. The second kappa shape index (κ2) is 18.2. The van der Waals surface area contributed by atoms with E-state index < -0.39 is 6.09 Å². The van der Waals surface area contributed by atoms with Crippen molar-refractivity contribution in [2.24, 2.45) is 5.73 Å². The summed E-state index contributed by atoms with van der Waals surface area (Å²) in [6.07, 6.45) is 11.2. The molecule has 3 rings (SSSR count). The topological polar surface area (TPSA) is 106 Å². The first kappa shape index (κ1) is 33.1. The molecule has 1 heterocycles. The molecule has 9 heteroatoms. The lowest BCUT2D eigenvalue weighted by molar-refractivity contribution is 0.115. The predicted octanol–water partition coefficient (Wildman–Crippen LogP) is 7.65. The molecule has 0 aliphatic heterocycles. The van der Waals surface area contributed by atoms with E-state index in [4.69, 9.17) is 31.5 Å². The summed E-state index contributed by atoms with van der Waals surface area (Å²) in [4.78, 5) is 18.4. The number of nitrogens with zero attached hydrogens (tertiary/aromatic N) is 2. The third-order valence-corrected chi connectivity index (χ3v) is 7.31. The minimum Gasteiger partial charge on any atom is -0.494 e. The van der Waals surface area contributed by atoms with Gasteiger partial charge in [-0.3, -0.25) is 0 Å². The summed E-state index contributed by atoms with van der Waals surface area (Å²) < 4.78 is 22.2. The Morgan fingerprint density at radius 1 is 0.714 bits per heavy atom. The first-order valence-corrected chi connectivity index (χ1v) is 15.2. The van der Waals surface area contributed by atoms with Crippen molar-refractivity contribution in [3.8, 4) is 11.5 Å². The van der Waals surface area contributed by atoms with E-state index in [-0.39, 0.29) is 10.7 Å². The van der Waals surface area contributed by atoms with Crippen molar-refractivity contribution >= 4 is 17.7 Å². The summed E-state index contributed by atoms with van der Waals surface area (Å²) in [5.41, 5.74) is 8.05. The maximum absolute atomic E-state index is 10.5. The Kier molecular flexibility index (Phi) is 14.4. The fraction of sp³-hybridized carbons (Fsp3) is 0.485. The number of primary amides is 1. The van der Waals surface area contributed by atoms with E-state index in [1.165, 1.54) is 36.8 Å². The maximum Gasteiger partial charge on any atom is 0.404 e. The van der Waals surface area contributed by atoms with Crippen molar-refractivity contribution in [1.82, 2.24) is 9.97 Å². The van der Waals surface area contributed by atoms with Gasteiger partial charge in [0.2, 0.25) is 5.28 Å². The van der Waals surface area contributed by atoms with Crippen molar-refractivity contribution in [2.45, 2.75) is 77.2 Å². The van der Waals surface area contributed by atoms with Gasteiger partial charge in [-0.2, -0.15) is 0 Å². The lowest BCUT2D eigenvalue weighted by Crippen LogP contribution is -2.18. The zero-order chi connectivity index (χ0) is 30.0. The number of aromatic nitrogens is 2. The normalized spacial score (nSPS) is 11.3. The molecule has 0 unspecified atom stereocenters. The van der Waals surface area contributed by atoms with Gasteiger partial charge in [-0.1, -0.05) is 63.8 Å². The zero-order valence-electron chi connectivity index (χ0n) is 24.9. The van der Waals surface area contributed by atoms with Crippen LogP contribution in [0.1, 0.15) is 81.9 Å². The van der Waals surface area contributed by atoms with Crippen LogP contribution < -0.4 is 15.2 Å². The molecule has 0 atom stereocenters. The summed E-state index contributed by atoms with van der Waals surface area (Å²) in [5.74, 6) is 1.70. The molecular formula is C33H44ClN3O5. The first-order valence-electron chi connectivity index (χ1n) is 14.8. The average Bonchev–Trinajstić information content (AvgIpc) is 2.99. The van der Waals surface area contributed by atoms with Crippen LogP contribution in [0.4, 0.5) is 4.79 Å². The summed E-state index contributed by atoms with van der Waals surface area (Å²) in [5, 5.41) is 0.228. The zero-order valence-corrected chi connectivity index (χ0v) is 25.6. The predicted molar refractivity (Wildman–Crippen MR) is 165 cm³/mol. The Balaban J connectivity index is 1.26. The van der Waals surface area contributed by atoms with Crippen LogP contribution in [-0.2, 0) is 21.5 Å². The highest BCUT2D eigenvalue weighted by Crippen LogP contribution is 2.33. The number of hydrogen-bond donors (Lipinski definition) is 1. The lowest BCUT2D eigenvalue weighted by Gasteiger charge is -2.26. The minimum atomic E-state index is -0.717. The SMILES string of the molecule is CC(C)(c1ccc(OCCCCCCCCOCCCCOC(N)=O)cc1)c1ccc(OCc2cnc(Cl)nc2)cc1. The van der Waals surface area contributed by atoms with Gasteiger partial charge >= 0.3 is 6.09 Å². The molecule has 2 aromatic carbocycles. The fourth-order valence-corrected chi connectivity index (χ4v) is 4.56. The molecule has 0 saturated carbocycles. The number of amides is 1. The van der Waals surface area contributed by atoms with Gasteiger partial charge in [-0.05, 0) is 72.7 Å². The molecule has 0 spiro atoms. The number of ether oxygens (including phenoxy) is 4. The van der Waals surface area contributed by atoms with Crippen molar-refractivity contribution in [2.75, 3.05) is 26.4 Å². The van der Waals surface area contributed by atoms with Gasteiger partial charge in [0.05, 0.1) is 13.2 Å². The van der Waals surface area contributed by atoms with Crippen LogP contribution in [0.3, 0.4) is 0 Å². The van der Waals surface area contributed by atoms with Crippen LogP contribution >= 0.6 is 11.6 Å².